The average Bonchev–Trinajstić information content (AvgIpc) is 2.70. The van der Waals surface area contributed by atoms with Crippen molar-refractivity contribution in [3.05, 3.63) is 70.3 Å². The number of piperazine rings is 1. The van der Waals surface area contributed by atoms with Crippen molar-refractivity contribution in [1.82, 2.24) is 4.81 Å². The molecular weight excluding hydrogens is 367 g/mol. The van der Waals surface area contributed by atoms with Gasteiger partial charge in [0.2, 0.25) is 0 Å². The van der Waals surface area contributed by atoms with Crippen LogP contribution in [0, 0.1) is 10.1 Å². The van der Waals surface area contributed by atoms with Crippen LogP contribution in [0.1, 0.15) is 12.0 Å². The number of benzene rings is 1. The van der Waals surface area contributed by atoms with Crippen molar-refractivity contribution in [3.63, 3.8) is 0 Å². The molecule has 0 unspecified atom stereocenters. The van der Waals surface area contributed by atoms with E-state index in [1.165, 1.54) is 13.5 Å². The van der Waals surface area contributed by atoms with Gasteiger partial charge in [0.1, 0.15) is 5.69 Å². The third kappa shape index (κ3) is 5.59. The molecule has 147 valence electrons. The number of nitro benzene ring substituents is 1. The Morgan fingerprint density at radius 3 is 2.57 bits per heavy atom. The molecule has 0 atom stereocenters. The quantitative estimate of drug-likeness (QED) is 0.213. The first kappa shape index (κ1) is 21.5. The van der Waals surface area contributed by atoms with Gasteiger partial charge in [-0.2, -0.15) is 0 Å². The number of halogens is 2. The maximum atomic E-state index is 13.3. The molecule has 6 nitrogen and oxygen atoms in total. The van der Waals surface area contributed by atoms with Gasteiger partial charge >= 0.3 is 0 Å². The molecule has 0 aromatic heterocycles. The third-order valence-corrected chi connectivity index (χ3v) is 4.46. The lowest BCUT2D eigenvalue weighted by atomic mass is 9.93. The summed E-state index contributed by atoms with van der Waals surface area (Å²) in [7, 11) is 1.47. The van der Waals surface area contributed by atoms with Crippen molar-refractivity contribution in [2.75, 3.05) is 31.1 Å². The van der Waals surface area contributed by atoms with Gasteiger partial charge in [0.05, 0.1) is 11.1 Å². The van der Waals surface area contributed by atoms with Crippen LogP contribution >= 0.6 is 0 Å². The zero-order chi connectivity index (χ0) is 20.5. The number of allylic oxidation sites excluding steroid dienone is 5. The highest BCUT2D eigenvalue weighted by molar-refractivity contribution is 6.64. The van der Waals surface area contributed by atoms with E-state index in [4.69, 9.17) is 0 Å². The Morgan fingerprint density at radius 1 is 1.25 bits per heavy atom. The lowest BCUT2D eigenvalue weighted by Gasteiger charge is -2.35. The van der Waals surface area contributed by atoms with Crippen molar-refractivity contribution < 1.29 is 18.5 Å². The fourth-order valence-corrected chi connectivity index (χ4v) is 3.05. The molecule has 0 saturated carbocycles. The number of rotatable bonds is 9. The molecular formula is C19H21BF2N3O3. The summed E-state index contributed by atoms with van der Waals surface area (Å²) in [6.45, 7) is 5.47. The van der Waals surface area contributed by atoms with E-state index in [9.17, 15) is 23.7 Å². The second-order valence-electron chi connectivity index (χ2n) is 6.19. The Hall–Kier alpha value is -2.81. The van der Waals surface area contributed by atoms with E-state index in [2.05, 4.69) is 6.58 Å². The molecule has 1 aliphatic rings. The van der Waals surface area contributed by atoms with Crippen LogP contribution < -0.4 is 4.90 Å². The molecule has 1 fully saturated rings. The molecule has 1 aliphatic heterocycles. The predicted molar refractivity (Wildman–Crippen MR) is 106 cm³/mol. The summed E-state index contributed by atoms with van der Waals surface area (Å²) < 4.78 is 26.3. The maximum Gasteiger partial charge on any atom is 0.295 e. The highest BCUT2D eigenvalue weighted by atomic mass is 19.2. The van der Waals surface area contributed by atoms with Gasteiger partial charge in [-0.05, 0) is 31.1 Å². The second kappa shape index (κ2) is 10.5. The van der Waals surface area contributed by atoms with Gasteiger partial charge in [0, 0.05) is 31.7 Å². The van der Waals surface area contributed by atoms with Gasteiger partial charge in [-0.25, -0.2) is 8.78 Å². The Kier molecular flexibility index (Phi) is 8.07. The van der Waals surface area contributed by atoms with Gasteiger partial charge in [-0.1, -0.05) is 24.8 Å². The normalized spacial score (nSPS) is 16.0. The first-order valence-corrected chi connectivity index (χ1v) is 8.86. The van der Waals surface area contributed by atoms with Crippen LogP contribution in [0.2, 0.25) is 0 Å². The van der Waals surface area contributed by atoms with Gasteiger partial charge in [0.25, 0.3) is 13.1 Å². The zero-order valence-electron chi connectivity index (χ0n) is 15.4. The van der Waals surface area contributed by atoms with E-state index in [1.54, 1.807) is 18.2 Å². The average molecular weight is 388 g/mol. The van der Waals surface area contributed by atoms with E-state index in [1.807, 2.05) is 9.71 Å². The predicted octanol–water partition coefficient (Wildman–Crippen LogP) is 3.35. The summed E-state index contributed by atoms with van der Waals surface area (Å²) in [4.78, 5) is 25.7. The summed E-state index contributed by atoms with van der Waals surface area (Å²) in [5, 5.41) is 11.7. The first-order chi connectivity index (χ1) is 13.5. The first-order valence-electron chi connectivity index (χ1n) is 8.86. The Labute approximate surface area is 163 Å². The molecule has 1 aromatic carbocycles. The van der Waals surface area contributed by atoms with Gasteiger partial charge < -0.3 is 14.5 Å². The Bertz CT molecular complexity index is 791. The molecule has 0 amide bonds. The van der Waals surface area contributed by atoms with Crippen LogP contribution in [-0.2, 0) is 11.2 Å². The SMILES string of the molecule is C=C/C(F)=C(F)\C=C\CCc1cccc(N2CCN([B]C=O)CC2)c1[N+](=O)[O-]. The standard InChI is InChI=1S/C19H21BF2N3O3/c1-2-16(21)17(22)8-4-3-6-15-7-5-9-18(19(15)25(27)28)23-10-12-24(13-11-23)20-14-26/h2,4-5,7-9,14H,1,3,6,10-13H2/b8-4+,17-16-. The fourth-order valence-electron chi connectivity index (χ4n) is 3.05. The molecule has 0 N–H and O–H groups in total. The molecule has 28 heavy (non-hydrogen) atoms. The number of carbonyl (C=O) groups excluding carboxylic acids is 1. The monoisotopic (exact) mass is 388 g/mol. The minimum Gasteiger partial charge on any atom is -0.363 e. The minimum atomic E-state index is -1.05. The lowest BCUT2D eigenvalue weighted by molar-refractivity contribution is -0.384. The van der Waals surface area contributed by atoms with Gasteiger partial charge in [-0.15, -0.1) is 0 Å². The summed E-state index contributed by atoms with van der Waals surface area (Å²) in [5.74, 6) is -2.07. The summed E-state index contributed by atoms with van der Waals surface area (Å²) in [6, 6.07) is 5.13. The topological polar surface area (TPSA) is 66.7 Å². The molecule has 0 spiro atoms. The number of para-hydroxylation sites is 1. The highest BCUT2D eigenvalue weighted by Crippen LogP contribution is 2.33. The zero-order valence-corrected chi connectivity index (χ0v) is 15.4. The van der Waals surface area contributed by atoms with Crippen molar-refractivity contribution in [1.29, 1.82) is 0 Å². The van der Waals surface area contributed by atoms with Gasteiger partial charge in [-0.3, -0.25) is 10.1 Å². The molecule has 1 aromatic rings. The second-order valence-corrected chi connectivity index (χ2v) is 6.19. The molecule has 1 heterocycles. The summed E-state index contributed by atoms with van der Waals surface area (Å²) in [5.41, 5.74) is 1.08. The van der Waals surface area contributed by atoms with E-state index in [0.717, 1.165) is 18.3 Å². The Morgan fingerprint density at radius 2 is 1.96 bits per heavy atom. The van der Waals surface area contributed by atoms with Crippen molar-refractivity contribution in [3.8, 4) is 0 Å². The smallest absolute Gasteiger partial charge is 0.295 e. The van der Waals surface area contributed by atoms with Crippen LogP contribution in [0.15, 0.2) is 54.7 Å². The van der Waals surface area contributed by atoms with Crippen LogP contribution in [0.3, 0.4) is 0 Å². The maximum absolute atomic E-state index is 13.3. The Balaban J connectivity index is 2.13. The van der Waals surface area contributed by atoms with E-state index in [0.29, 0.717) is 50.3 Å². The number of anilines is 1. The number of nitrogens with zero attached hydrogens (tertiary/aromatic N) is 3. The summed E-state index contributed by atoms with van der Waals surface area (Å²) in [6.07, 6.45) is 4.58. The van der Waals surface area contributed by atoms with Crippen molar-refractivity contribution in [2.24, 2.45) is 0 Å². The third-order valence-electron chi connectivity index (χ3n) is 4.46. The fraction of sp³-hybridized carbons (Fsp3) is 0.316. The molecule has 9 heteroatoms. The van der Waals surface area contributed by atoms with E-state index < -0.39 is 16.6 Å². The molecule has 0 aliphatic carbocycles. The van der Waals surface area contributed by atoms with Crippen LogP contribution in [0.5, 0.6) is 0 Å². The lowest BCUT2D eigenvalue weighted by Crippen LogP contribution is -2.48. The molecule has 1 saturated heterocycles. The van der Waals surface area contributed by atoms with E-state index >= 15 is 0 Å². The van der Waals surface area contributed by atoms with Crippen molar-refractivity contribution >= 4 is 25.0 Å². The van der Waals surface area contributed by atoms with E-state index in [-0.39, 0.29) is 5.69 Å². The van der Waals surface area contributed by atoms with Crippen molar-refractivity contribution in [2.45, 2.75) is 12.8 Å². The molecule has 2 rings (SSSR count). The number of hydrogen-bond acceptors (Lipinski definition) is 5. The number of nitro groups is 1. The number of carbonyl (C=O) groups is 1. The minimum absolute atomic E-state index is 0.0250. The summed E-state index contributed by atoms with van der Waals surface area (Å²) >= 11 is 0. The van der Waals surface area contributed by atoms with Crippen LogP contribution in [0.4, 0.5) is 20.2 Å². The molecule has 0 bridgehead atoms. The van der Waals surface area contributed by atoms with Crippen LogP contribution in [-0.4, -0.2) is 49.5 Å². The number of aryl methyl sites for hydroxylation is 1. The van der Waals surface area contributed by atoms with Crippen LogP contribution in [0.25, 0.3) is 0 Å². The largest absolute Gasteiger partial charge is 0.363 e. The highest BCUT2D eigenvalue weighted by Gasteiger charge is 2.26. The van der Waals surface area contributed by atoms with Gasteiger partial charge in [0.15, 0.2) is 11.7 Å². The molecule has 1 radical (unpaired) electrons. The number of hydrogen-bond donors (Lipinski definition) is 0.